The Morgan fingerprint density at radius 3 is 3.25 bits per heavy atom. The Morgan fingerprint density at radius 2 is 2.38 bits per heavy atom. The van der Waals surface area contributed by atoms with Crippen LogP contribution in [0.15, 0.2) is 39.4 Å². The Labute approximate surface area is 101 Å². The Kier molecular flexibility index (Phi) is 2.17. The summed E-state index contributed by atoms with van der Waals surface area (Å²) in [5.41, 5.74) is 2.68. The third-order valence-electron chi connectivity index (χ3n) is 2.96. The van der Waals surface area contributed by atoms with E-state index < -0.39 is 0 Å². The van der Waals surface area contributed by atoms with Crippen LogP contribution in [0.1, 0.15) is 23.6 Å². The van der Waals surface area contributed by atoms with Gasteiger partial charge in [0.1, 0.15) is 0 Å². The first kappa shape index (κ1) is 9.78. The molecule has 0 bridgehead atoms. The van der Waals surface area contributed by atoms with E-state index in [1.54, 1.807) is 0 Å². The Balaban J connectivity index is 2.30. The van der Waals surface area contributed by atoms with Crippen molar-refractivity contribution in [3.63, 3.8) is 0 Å². The van der Waals surface area contributed by atoms with Gasteiger partial charge in [-0.25, -0.2) is 4.98 Å². The van der Waals surface area contributed by atoms with Crippen LogP contribution >= 0.6 is 15.9 Å². The van der Waals surface area contributed by atoms with Gasteiger partial charge in [-0.1, -0.05) is 34.2 Å². The fourth-order valence-corrected chi connectivity index (χ4v) is 2.82. The first-order chi connectivity index (χ1) is 7.77. The quantitative estimate of drug-likeness (QED) is 0.791. The molecule has 1 aromatic heterocycles. The van der Waals surface area contributed by atoms with Crippen LogP contribution in [0.2, 0.25) is 0 Å². The zero-order valence-electron chi connectivity index (χ0n) is 8.40. The molecule has 3 nitrogen and oxygen atoms in total. The second-order valence-corrected chi connectivity index (χ2v) is 4.72. The van der Waals surface area contributed by atoms with Crippen LogP contribution in [0.25, 0.3) is 6.08 Å². The highest BCUT2D eigenvalue weighted by Gasteiger charge is 2.28. The molecule has 0 radical (unpaired) electrons. The third kappa shape index (κ3) is 1.33. The molecule has 1 N–H and O–H groups in total. The van der Waals surface area contributed by atoms with E-state index in [2.05, 4.69) is 38.0 Å². The number of fused-ring (bicyclic) bond motifs is 3. The third-order valence-corrected chi connectivity index (χ3v) is 3.64. The van der Waals surface area contributed by atoms with Crippen LogP contribution in [0.3, 0.4) is 0 Å². The summed E-state index contributed by atoms with van der Waals surface area (Å²) < 4.78 is 0.979. The van der Waals surface area contributed by atoms with E-state index in [0.29, 0.717) is 5.56 Å². The predicted molar refractivity (Wildman–Crippen MR) is 66.3 cm³/mol. The molecule has 0 aliphatic heterocycles. The molecule has 1 atom stereocenters. The molecule has 2 aliphatic rings. The lowest BCUT2D eigenvalue weighted by Gasteiger charge is -2.25. The second kappa shape index (κ2) is 3.56. The molecule has 0 saturated heterocycles. The summed E-state index contributed by atoms with van der Waals surface area (Å²) in [5, 5.41) is 0. The van der Waals surface area contributed by atoms with Crippen LogP contribution in [0.4, 0.5) is 0 Å². The van der Waals surface area contributed by atoms with Gasteiger partial charge in [-0.05, 0) is 18.1 Å². The van der Waals surface area contributed by atoms with Crippen molar-refractivity contribution < 1.29 is 0 Å². The molecule has 80 valence electrons. The summed E-state index contributed by atoms with van der Waals surface area (Å²) in [4.78, 5) is 18.6. The van der Waals surface area contributed by atoms with Gasteiger partial charge >= 0.3 is 0 Å². The molecule has 1 aromatic rings. The standard InChI is InChI=1S/C12H9BrN2O/c13-10-5-9-11(14-6-15-12(9)16)8-4-2-1-3-7(8)10/h1-3,5-6,8H,4H2,(H,14,15,16). The van der Waals surface area contributed by atoms with Crippen LogP contribution in [0.5, 0.6) is 0 Å². The summed E-state index contributed by atoms with van der Waals surface area (Å²) in [5.74, 6) is 0.210. The van der Waals surface area contributed by atoms with Crippen molar-refractivity contribution >= 4 is 22.0 Å². The van der Waals surface area contributed by atoms with E-state index in [4.69, 9.17) is 0 Å². The minimum atomic E-state index is -0.0736. The van der Waals surface area contributed by atoms with Gasteiger partial charge < -0.3 is 4.98 Å². The van der Waals surface area contributed by atoms with E-state index in [1.807, 2.05) is 12.2 Å². The zero-order valence-corrected chi connectivity index (χ0v) is 9.99. The Hall–Kier alpha value is -1.42. The molecular weight excluding hydrogens is 268 g/mol. The monoisotopic (exact) mass is 276 g/mol. The smallest absolute Gasteiger partial charge is 0.258 e. The number of rotatable bonds is 0. The number of aromatic nitrogens is 2. The number of allylic oxidation sites excluding steroid dienone is 5. The predicted octanol–water partition coefficient (Wildman–Crippen LogP) is 2.49. The van der Waals surface area contributed by atoms with Crippen molar-refractivity contribution in [2.24, 2.45) is 0 Å². The van der Waals surface area contributed by atoms with Crippen LogP contribution < -0.4 is 5.56 Å². The summed E-state index contributed by atoms with van der Waals surface area (Å²) in [6, 6.07) is 0. The molecule has 1 heterocycles. The number of nitrogens with one attached hydrogen (secondary N) is 1. The molecule has 1 unspecified atom stereocenters. The molecular formula is C12H9BrN2O. The second-order valence-electron chi connectivity index (χ2n) is 3.86. The van der Waals surface area contributed by atoms with Crippen LogP contribution in [0, 0.1) is 0 Å². The lowest BCUT2D eigenvalue weighted by molar-refractivity contribution is 0.763. The lowest BCUT2D eigenvalue weighted by atomic mass is 9.83. The number of nitrogens with zero attached hydrogens (tertiary/aromatic N) is 1. The van der Waals surface area contributed by atoms with Crippen molar-refractivity contribution in [3.05, 3.63) is 56.2 Å². The summed E-state index contributed by atoms with van der Waals surface area (Å²) >= 11 is 3.51. The van der Waals surface area contributed by atoms with Gasteiger partial charge in [-0.2, -0.15) is 0 Å². The molecule has 4 heteroatoms. The normalized spacial score (nSPS) is 21.9. The first-order valence-electron chi connectivity index (χ1n) is 5.09. The van der Waals surface area contributed by atoms with Crippen molar-refractivity contribution in [3.8, 4) is 0 Å². The van der Waals surface area contributed by atoms with Gasteiger partial charge in [0.15, 0.2) is 0 Å². The number of H-pyrrole nitrogens is 1. The van der Waals surface area contributed by atoms with Gasteiger partial charge in [0, 0.05) is 10.4 Å². The van der Waals surface area contributed by atoms with Crippen molar-refractivity contribution in [2.75, 3.05) is 0 Å². The van der Waals surface area contributed by atoms with E-state index in [1.165, 1.54) is 11.9 Å². The average molecular weight is 277 g/mol. The highest BCUT2D eigenvalue weighted by molar-refractivity contribution is 9.12. The zero-order chi connectivity index (χ0) is 11.1. The largest absolute Gasteiger partial charge is 0.313 e. The number of hydrogen-bond donors (Lipinski definition) is 1. The van der Waals surface area contributed by atoms with Crippen molar-refractivity contribution in [1.82, 2.24) is 9.97 Å². The summed E-state index contributed by atoms with van der Waals surface area (Å²) in [6.45, 7) is 0. The maximum Gasteiger partial charge on any atom is 0.258 e. The fraction of sp³-hybridized carbons (Fsp3) is 0.167. The van der Waals surface area contributed by atoms with Gasteiger partial charge in [0.25, 0.3) is 5.56 Å². The Bertz CT molecular complexity index is 595. The number of hydrogen-bond acceptors (Lipinski definition) is 2. The molecule has 0 spiro atoms. The first-order valence-corrected chi connectivity index (χ1v) is 5.88. The maximum absolute atomic E-state index is 11.7. The average Bonchev–Trinajstić information content (AvgIpc) is 2.31. The van der Waals surface area contributed by atoms with Crippen molar-refractivity contribution in [1.29, 1.82) is 0 Å². The summed E-state index contributed by atoms with van der Waals surface area (Å²) in [6.07, 6.45) is 10.4. The van der Waals surface area contributed by atoms with E-state index in [9.17, 15) is 4.79 Å². The van der Waals surface area contributed by atoms with Gasteiger partial charge in [0.2, 0.25) is 0 Å². The topological polar surface area (TPSA) is 45.8 Å². The van der Waals surface area contributed by atoms with E-state index in [0.717, 1.165) is 16.6 Å². The molecule has 16 heavy (non-hydrogen) atoms. The maximum atomic E-state index is 11.7. The van der Waals surface area contributed by atoms with Gasteiger partial charge in [-0.15, -0.1) is 0 Å². The molecule has 2 aliphatic carbocycles. The minimum absolute atomic E-state index is 0.0736. The van der Waals surface area contributed by atoms with E-state index >= 15 is 0 Å². The molecule has 0 amide bonds. The number of aromatic amines is 1. The van der Waals surface area contributed by atoms with Gasteiger partial charge in [0.05, 0.1) is 17.6 Å². The van der Waals surface area contributed by atoms with Crippen LogP contribution in [-0.2, 0) is 0 Å². The number of halogens is 1. The highest BCUT2D eigenvalue weighted by Crippen LogP contribution is 2.41. The highest BCUT2D eigenvalue weighted by atomic mass is 79.9. The summed E-state index contributed by atoms with van der Waals surface area (Å²) in [7, 11) is 0. The molecule has 0 fully saturated rings. The lowest BCUT2D eigenvalue weighted by Crippen LogP contribution is -2.21. The van der Waals surface area contributed by atoms with Crippen LogP contribution in [-0.4, -0.2) is 9.97 Å². The van der Waals surface area contributed by atoms with Crippen molar-refractivity contribution in [2.45, 2.75) is 12.3 Å². The SMILES string of the molecule is O=c1[nH]cnc2c1C=C(Br)C1=CC=CCC12. The van der Waals surface area contributed by atoms with Gasteiger partial charge in [-0.3, -0.25) is 4.79 Å². The fourth-order valence-electron chi connectivity index (χ4n) is 2.19. The molecule has 3 rings (SSSR count). The molecule has 0 saturated carbocycles. The Morgan fingerprint density at radius 1 is 1.50 bits per heavy atom. The molecule has 0 aromatic carbocycles. The van der Waals surface area contributed by atoms with E-state index in [-0.39, 0.29) is 11.5 Å². The minimum Gasteiger partial charge on any atom is -0.313 e.